The molecule has 0 unspecified atom stereocenters. The Balaban J connectivity index is 0.000000188. The molecular weight excluding hydrogens is 687 g/mol. The second kappa shape index (κ2) is 13.9. The van der Waals surface area contributed by atoms with Gasteiger partial charge in [-0.15, -0.1) is 22.7 Å². The minimum atomic E-state index is -0.0972. The topological polar surface area (TPSA) is 120 Å². The molecule has 6 rings (SSSR count). The van der Waals surface area contributed by atoms with Crippen molar-refractivity contribution in [2.75, 3.05) is 0 Å². The molecule has 0 radical (unpaired) electrons. The number of halogens is 2. The van der Waals surface area contributed by atoms with Gasteiger partial charge in [0.25, 0.3) is 11.8 Å². The molecule has 0 bridgehead atoms. The van der Waals surface area contributed by atoms with Gasteiger partial charge in [-0.05, 0) is 66.5 Å². The SMILES string of the molecule is Cc1nc2sc(C(=O)NC(C)C)c(-c3cnn(C)c3)c2c(C)c1Cl.Cc1nc2sc(C(=O)NC(C)C)c(-c3cnn(C)c3)c2c(C)c1Cl. The summed E-state index contributed by atoms with van der Waals surface area (Å²) < 4.78 is 3.45. The van der Waals surface area contributed by atoms with Gasteiger partial charge in [-0.1, -0.05) is 23.2 Å². The maximum atomic E-state index is 12.7. The maximum Gasteiger partial charge on any atom is 0.262 e. The molecule has 14 heteroatoms. The third kappa shape index (κ3) is 6.84. The number of hydrogen-bond donors (Lipinski definition) is 2. The van der Waals surface area contributed by atoms with E-state index in [2.05, 4.69) is 30.8 Å². The van der Waals surface area contributed by atoms with Crippen LogP contribution in [0, 0.1) is 27.7 Å². The molecule has 6 heterocycles. The Morgan fingerprint density at radius 1 is 0.688 bits per heavy atom. The average molecular weight is 726 g/mol. The Morgan fingerprint density at radius 2 is 1.04 bits per heavy atom. The first-order valence-electron chi connectivity index (χ1n) is 15.4. The number of nitrogens with zero attached hydrogens (tertiary/aromatic N) is 6. The fourth-order valence-corrected chi connectivity index (χ4v) is 8.17. The van der Waals surface area contributed by atoms with E-state index in [9.17, 15) is 9.59 Å². The highest BCUT2D eigenvalue weighted by Crippen LogP contribution is 2.43. The Hall–Kier alpha value is -3.84. The van der Waals surface area contributed by atoms with E-state index in [1.807, 2.05) is 81.9 Å². The van der Waals surface area contributed by atoms with Gasteiger partial charge in [0.2, 0.25) is 0 Å². The molecule has 0 atom stereocenters. The molecule has 2 N–H and O–H groups in total. The summed E-state index contributed by atoms with van der Waals surface area (Å²) in [5.41, 5.74) is 6.93. The quantitative estimate of drug-likeness (QED) is 0.179. The van der Waals surface area contributed by atoms with Crippen molar-refractivity contribution in [2.24, 2.45) is 14.1 Å². The number of carbonyl (C=O) groups excluding carboxylic acids is 2. The summed E-state index contributed by atoms with van der Waals surface area (Å²) in [6.45, 7) is 15.5. The summed E-state index contributed by atoms with van der Waals surface area (Å²) >= 11 is 15.6. The van der Waals surface area contributed by atoms with Gasteiger partial charge >= 0.3 is 0 Å². The molecule has 2 amide bonds. The van der Waals surface area contributed by atoms with E-state index in [-0.39, 0.29) is 23.9 Å². The van der Waals surface area contributed by atoms with E-state index >= 15 is 0 Å². The Morgan fingerprint density at radius 3 is 1.33 bits per heavy atom. The fourth-order valence-electron chi connectivity index (χ4n) is 5.48. The van der Waals surface area contributed by atoms with E-state index in [1.165, 1.54) is 22.7 Å². The average Bonchev–Trinajstić information content (AvgIpc) is 3.79. The van der Waals surface area contributed by atoms with Gasteiger partial charge in [-0.2, -0.15) is 10.2 Å². The highest BCUT2D eigenvalue weighted by molar-refractivity contribution is 7.21. The van der Waals surface area contributed by atoms with Gasteiger partial charge in [0.1, 0.15) is 19.4 Å². The summed E-state index contributed by atoms with van der Waals surface area (Å²) in [4.78, 5) is 37.5. The van der Waals surface area contributed by atoms with Gasteiger partial charge in [-0.25, -0.2) is 9.97 Å². The minimum Gasteiger partial charge on any atom is -0.349 e. The van der Waals surface area contributed by atoms with E-state index in [1.54, 1.807) is 21.8 Å². The number of aryl methyl sites for hydroxylation is 6. The molecular formula is C34H38Cl2N8O2S2. The summed E-state index contributed by atoms with van der Waals surface area (Å²) in [6, 6.07) is 0.118. The zero-order valence-corrected chi connectivity index (χ0v) is 31.7. The van der Waals surface area contributed by atoms with Crippen LogP contribution in [0.15, 0.2) is 24.8 Å². The third-order valence-corrected chi connectivity index (χ3v) is 10.9. The number of thiophene rings is 2. The van der Waals surface area contributed by atoms with Crippen LogP contribution in [0.25, 0.3) is 42.7 Å². The molecule has 6 aromatic rings. The lowest BCUT2D eigenvalue weighted by molar-refractivity contribution is 0.0939. The van der Waals surface area contributed by atoms with Crippen LogP contribution < -0.4 is 10.6 Å². The number of amides is 2. The van der Waals surface area contributed by atoms with Crippen LogP contribution in [0.2, 0.25) is 10.0 Å². The Kier molecular flexibility index (Phi) is 10.3. The first-order valence-corrected chi connectivity index (χ1v) is 17.8. The molecule has 252 valence electrons. The Bertz CT molecular complexity index is 2040. The summed E-state index contributed by atoms with van der Waals surface area (Å²) in [7, 11) is 3.71. The van der Waals surface area contributed by atoms with E-state index < -0.39 is 0 Å². The smallest absolute Gasteiger partial charge is 0.262 e. The van der Waals surface area contributed by atoms with Crippen LogP contribution in [-0.2, 0) is 14.1 Å². The zero-order chi connectivity index (χ0) is 35.2. The van der Waals surface area contributed by atoms with Gasteiger partial charge in [0.15, 0.2) is 0 Å². The summed E-state index contributed by atoms with van der Waals surface area (Å²) in [5.74, 6) is -0.194. The standard InChI is InChI=1S/2C17H19ClN4OS/c2*1-8(2)20-16(23)15-13(11-6-19-22(5)7-11)12-9(3)14(18)10(4)21-17(12)24-15/h2*6-8H,1-5H3,(H,20,23). The third-order valence-electron chi connectivity index (χ3n) is 7.60. The van der Waals surface area contributed by atoms with Crippen molar-refractivity contribution in [3.05, 3.63) is 67.1 Å². The van der Waals surface area contributed by atoms with Crippen molar-refractivity contribution in [3.8, 4) is 22.3 Å². The van der Waals surface area contributed by atoms with E-state index in [0.717, 1.165) is 65.2 Å². The first kappa shape index (κ1) is 35.5. The van der Waals surface area contributed by atoms with Gasteiger partial charge in [0, 0.05) is 71.6 Å². The van der Waals surface area contributed by atoms with Crippen molar-refractivity contribution in [2.45, 2.75) is 67.5 Å². The van der Waals surface area contributed by atoms with E-state index in [4.69, 9.17) is 23.2 Å². The van der Waals surface area contributed by atoms with Crippen LogP contribution in [0.4, 0.5) is 0 Å². The number of hydrogen-bond acceptors (Lipinski definition) is 8. The summed E-state index contributed by atoms with van der Waals surface area (Å²) in [6.07, 6.45) is 7.34. The van der Waals surface area contributed by atoms with Crippen LogP contribution in [-0.4, -0.2) is 53.4 Å². The number of nitrogens with one attached hydrogen (secondary N) is 2. The van der Waals surface area contributed by atoms with Gasteiger partial charge < -0.3 is 10.6 Å². The van der Waals surface area contributed by atoms with Crippen molar-refractivity contribution >= 4 is 78.1 Å². The minimum absolute atomic E-state index is 0.0591. The van der Waals surface area contributed by atoms with E-state index in [0.29, 0.717) is 19.8 Å². The molecule has 6 aromatic heterocycles. The van der Waals surface area contributed by atoms with Crippen molar-refractivity contribution < 1.29 is 9.59 Å². The number of rotatable bonds is 6. The molecule has 0 aliphatic carbocycles. The number of pyridine rings is 2. The molecule has 0 fully saturated rings. The molecule has 48 heavy (non-hydrogen) atoms. The largest absolute Gasteiger partial charge is 0.349 e. The van der Waals surface area contributed by atoms with Crippen molar-refractivity contribution in [1.82, 2.24) is 40.2 Å². The molecule has 10 nitrogen and oxygen atoms in total. The molecule has 0 saturated carbocycles. The van der Waals surface area contributed by atoms with Crippen molar-refractivity contribution in [3.63, 3.8) is 0 Å². The highest BCUT2D eigenvalue weighted by Gasteiger charge is 2.26. The molecule has 0 saturated heterocycles. The lowest BCUT2D eigenvalue weighted by Gasteiger charge is -2.09. The zero-order valence-electron chi connectivity index (χ0n) is 28.5. The molecule has 0 aliphatic heterocycles. The lowest BCUT2D eigenvalue weighted by Crippen LogP contribution is -2.29. The van der Waals surface area contributed by atoms with Crippen molar-refractivity contribution in [1.29, 1.82) is 0 Å². The fraction of sp³-hybridized carbons (Fsp3) is 0.353. The van der Waals surface area contributed by atoms with Gasteiger partial charge in [0.05, 0.1) is 33.8 Å². The van der Waals surface area contributed by atoms with Crippen LogP contribution in [0.5, 0.6) is 0 Å². The number of aromatic nitrogens is 6. The molecule has 0 aliphatic rings. The second-order valence-electron chi connectivity index (χ2n) is 12.3. The number of fused-ring (bicyclic) bond motifs is 2. The maximum absolute atomic E-state index is 12.7. The van der Waals surface area contributed by atoms with Crippen LogP contribution in [0.1, 0.15) is 69.6 Å². The summed E-state index contributed by atoms with van der Waals surface area (Å²) in [5, 5.41) is 17.6. The number of carbonyl (C=O) groups is 2. The highest BCUT2D eigenvalue weighted by atomic mass is 35.5. The first-order chi connectivity index (χ1) is 22.6. The lowest BCUT2D eigenvalue weighted by atomic mass is 10.0. The Labute approximate surface area is 297 Å². The monoisotopic (exact) mass is 724 g/mol. The molecule has 0 spiro atoms. The predicted octanol–water partition coefficient (Wildman–Crippen LogP) is 8.21. The van der Waals surface area contributed by atoms with Gasteiger partial charge in [-0.3, -0.25) is 19.0 Å². The molecule has 0 aromatic carbocycles. The second-order valence-corrected chi connectivity index (χ2v) is 15.1. The van der Waals surface area contributed by atoms with Crippen LogP contribution in [0.3, 0.4) is 0 Å². The predicted molar refractivity (Wildman–Crippen MR) is 198 cm³/mol. The normalized spacial score (nSPS) is 11.5. The van der Waals surface area contributed by atoms with Crippen LogP contribution >= 0.6 is 45.9 Å².